The highest BCUT2D eigenvalue weighted by Gasteiger charge is 2.52. The van der Waals surface area contributed by atoms with Crippen LogP contribution in [-0.2, 0) is 24.6 Å². The minimum Gasteiger partial charge on any atom is -0.506 e. The van der Waals surface area contributed by atoms with Crippen molar-refractivity contribution in [1.82, 2.24) is 0 Å². The Morgan fingerprint density at radius 2 is 1.55 bits per heavy atom. The van der Waals surface area contributed by atoms with E-state index >= 15 is 0 Å². The maximum Gasteiger partial charge on any atom is 0.298 e. The van der Waals surface area contributed by atoms with Crippen LogP contribution in [0.1, 0.15) is 16.7 Å². The smallest absolute Gasteiger partial charge is 0.298 e. The van der Waals surface area contributed by atoms with Crippen LogP contribution in [0, 0.1) is 0 Å². The number of rotatable bonds is 5. The van der Waals surface area contributed by atoms with Gasteiger partial charge in [-0.25, -0.2) is 4.18 Å². The van der Waals surface area contributed by atoms with Crippen molar-refractivity contribution >= 4 is 33.3 Å². The van der Waals surface area contributed by atoms with Gasteiger partial charge in [0.25, 0.3) is 10.1 Å². The van der Waals surface area contributed by atoms with E-state index in [1.807, 2.05) is 0 Å². The molecular weight excluding hydrogens is 563 g/mol. The number of phenolic OH excluding ortho intramolecular Hbond substituents is 1. The van der Waals surface area contributed by atoms with Crippen molar-refractivity contribution in [1.29, 1.82) is 0 Å². The Morgan fingerprint density at radius 1 is 0.895 bits per heavy atom. The highest BCUT2D eigenvalue weighted by atomic mass is 35.5. The molecule has 6 atom stereocenters. The van der Waals surface area contributed by atoms with Crippen LogP contribution in [0.15, 0.2) is 65.6 Å². The van der Waals surface area contributed by atoms with E-state index in [0.29, 0.717) is 11.1 Å². The van der Waals surface area contributed by atoms with Crippen LogP contribution in [0.2, 0.25) is 10.0 Å². The number of aliphatic hydroxyl groups is 4. The van der Waals surface area contributed by atoms with Gasteiger partial charge in [-0.3, -0.25) is 0 Å². The summed E-state index contributed by atoms with van der Waals surface area (Å²) >= 11 is 12.7. The molecule has 202 valence electrons. The van der Waals surface area contributed by atoms with Crippen LogP contribution in [0.25, 0.3) is 0 Å². The number of fused-ring (bicyclic) bond motifs is 1. The summed E-state index contributed by atoms with van der Waals surface area (Å²) in [4.78, 5) is -0.0537. The van der Waals surface area contributed by atoms with Crippen molar-refractivity contribution in [2.75, 3.05) is 6.61 Å². The molecule has 5 rings (SSSR count). The van der Waals surface area contributed by atoms with E-state index in [-0.39, 0.29) is 32.0 Å². The molecule has 0 aromatic heterocycles. The largest absolute Gasteiger partial charge is 0.506 e. The molecule has 0 saturated carbocycles. The summed E-state index contributed by atoms with van der Waals surface area (Å²) in [5.41, 5.74) is -0.857. The fourth-order valence-electron chi connectivity index (χ4n) is 4.63. The lowest BCUT2D eigenvalue weighted by atomic mass is 9.80. The first-order chi connectivity index (χ1) is 18.0. The van der Waals surface area contributed by atoms with Crippen molar-refractivity contribution < 1.29 is 47.6 Å². The normalized spacial score (nSPS) is 30.1. The Morgan fingerprint density at radius 3 is 2.21 bits per heavy atom. The molecule has 0 unspecified atom stereocenters. The lowest BCUT2D eigenvalue weighted by Crippen LogP contribution is -2.60. The molecule has 38 heavy (non-hydrogen) atoms. The van der Waals surface area contributed by atoms with Crippen molar-refractivity contribution in [2.24, 2.45) is 0 Å². The van der Waals surface area contributed by atoms with Gasteiger partial charge in [0.2, 0.25) is 6.29 Å². The number of benzene rings is 3. The molecule has 0 bridgehead atoms. The summed E-state index contributed by atoms with van der Waals surface area (Å²) in [5, 5.41) is 49.6. The molecule has 10 nitrogen and oxygen atoms in total. The Labute approximate surface area is 227 Å². The van der Waals surface area contributed by atoms with Gasteiger partial charge < -0.3 is 35.0 Å². The van der Waals surface area contributed by atoms with E-state index in [2.05, 4.69) is 0 Å². The predicted molar refractivity (Wildman–Crippen MR) is 134 cm³/mol. The minimum absolute atomic E-state index is 0.00669. The average molecular weight is 585 g/mol. The van der Waals surface area contributed by atoms with Gasteiger partial charge in [-0.05, 0) is 41.5 Å². The molecule has 1 saturated heterocycles. The summed E-state index contributed by atoms with van der Waals surface area (Å²) in [6.07, 6.45) is -7.55. The summed E-state index contributed by atoms with van der Waals surface area (Å²) in [7, 11) is -4.21. The first kappa shape index (κ1) is 27.1. The SMILES string of the molecule is O=S1(=O)O[C@](c2ccc(O)c(Cl)c2)(c2ccc(O[C@@H]3O[C@H](CO)[C@H](O)[C@H](O)[C@H]3O)c(Cl)c2)c2ccccc21. The van der Waals surface area contributed by atoms with Gasteiger partial charge in [0.15, 0.2) is 5.60 Å². The molecule has 5 N–H and O–H groups in total. The number of phenols is 1. The van der Waals surface area contributed by atoms with Crippen molar-refractivity contribution in [2.45, 2.75) is 41.2 Å². The van der Waals surface area contributed by atoms with Crippen LogP contribution in [0.4, 0.5) is 0 Å². The number of aliphatic hydroxyl groups excluding tert-OH is 4. The molecule has 13 heteroatoms. The first-order valence-electron chi connectivity index (χ1n) is 11.3. The molecule has 0 amide bonds. The molecule has 3 aromatic rings. The number of hydrogen-bond donors (Lipinski definition) is 5. The van der Waals surface area contributed by atoms with E-state index in [0.717, 1.165) is 0 Å². The molecular formula is C25H22Cl2O10S. The Hall–Kier alpha value is -2.45. The van der Waals surface area contributed by atoms with Crippen LogP contribution in [-0.4, -0.2) is 71.3 Å². The third-order valence-corrected chi connectivity index (χ3v) is 8.52. The second kappa shape index (κ2) is 9.94. The maximum atomic E-state index is 13.1. The molecule has 0 radical (unpaired) electrons. The molecule has 2 aliphatic heterocycles. The zero-order valence-electron chi connectivity index (χ0n) is 19.3. The second-order valence-corrected chi connectivity index (χ2v) is 11.2. The Balaban J connectivity index is 1.59. The molecule has 0 spiro atoms. The van der Waals surface area contributed by atoms with E-state index in [9.17, 15) is 34.0 Å². The minimum atomic E-state index is -4.21. The van der Waals surface area contributed by atoms with Crippen molar-refractivity contribution in [3.8, 4) is 11.5 Å². The number of halogens is 2. The third kappa shape index (κ3) is 4.34. The highest BCUT2D eigenvalue weighted by Crippen LogP contribution is 2.52. The van der Waals surface area contributed by atoms with Crippen LogP contribution in [0.3, 0.4) is 0 Å². The quantitative estimate of drug-likeness (QED) is 0.280. The predicted octanol–water partition coefficient (Wildman–Crippen LogP) is 1.89. The van der Waals surface area contributed by atoms with E-state index in [1.165, 1.54) is 42.5 Å². The summed E-state index contributed by atoms with van der Waals surface area (Å²) in [6, 6.07) is 14.7. The standard InChI is InChI=1S/C25H22Cl2O10S/c26-15-9-12(5-7-17(15)29)25(14-3-1-2-4-20(14)38(33,34)37-25)13-6-8-18(16(27)10-13)35-24-23(32)22(31)21(30)19(11-28)36-24/h1-10,19,21-24,28-32H,11H2/t19-,21+,22+,23-,24-,25-/m1/s1. The van der Waals surface area contributed by atoms with Gasteiger partial charge in [-0.1, -0.05) is 53.5 Å². The fourth-order valence-corrected chi connectivity index (χ4v) is 6.47. The summed E-state index contributed by atoms with van der Waals surface area (Å²) in [5.74, 6) is -0.214. The van der Waals surface area contributed by atoms with Crippen molar-refractivity contribution in [3.05, 3.63) is 87.4 Å². The number of ether oxygens (including phenoxy) is 2. The van der Waals surface area contributed by atoms with Crippen LogP contribution < -0.4 is 4.74 Å². The second-order valence-electron chi connectivity index (χ2n) is 8.84. The molecule has 3 aromatic carbocycles. The zero-order chi connectivity index (χ0) is 27.4. The lowest BCUT2D eigenvalue weighted by Gasteiger charge is -2.39. The van der Waals surface area contributed by atoms with Gasteiger partial charge in [-0.2, -0.15) is 8.42 Å². The Kier molecular flexibility index (Phi) is 7.10. The average Bonchev–Trinajstić information content (AvgIpc) is 3.15. The molecule has 0 aliphatic carbocycles. The van der Waals surface area contributed by atoms with Gasteiger partial charge in [0.1, 0.15) is 40.8 Å². The lowest BCUT2D eigenvalue weighted by molar-refractivity contribution is -0.277. The molecule has 1 fully saturated rings. The number of aromatic hydroxyl groups is 1. The third-order valence-electron chi connectivity index (χ3n) is 6.55. The van der Waals surface area contributed by atoms with Gasteiger partial charge >= 0.3 is 0 Å². The van der Waals surface area contributed by atoms with E-state index in [4.69, 9.17) is 36.9 Å². The summed E-state index contributed by atoms with van der Waals surface area (Å²) < 4.78 is 42.9. The van der Waals surface area contributed by atoms with Crippen molar-refractivity contribution in [3.63, 3.8) is 0 Å². The maximum absolute atomic E-state index is 13.1. The van der Waals surface area contributed by atoms with Gasteiger partial charge in [-0.15, -0.1) is 0 Å². The highest BCUT2D eigenvalue weighted by molar-refractivity contribution is 7.87. The topological polar surface area (TPSA) is 163 Å². The molecule has 2 heterocycles. The van der Waals surface area contributed by atoms with Gasteiger partial charge in [0, 0.05) is 5.56 Å². The zero-order valence-corrected chi connectivity index (χ0v) is 21.6. The first-order valence-corrected chi connectivity index (χ1v) is 13.5. The molecule has 2 aliphatic rings. The summed E-state index contributed by atoms with van der Waals surface area (Å²) in [6.45, 7) is -0.638. The Bertz CT molecular complexity index is 1480. The van der Waals surface area contributed by atoms with Gasteiger partial charge in [0.05, 0.1) is 16.7 Å². The van der Waals surface area contributed by atoms with E-state index < -0.39 is 53.0 Å². The fraction of sp³-hybridized carbons (Fsp3) is 0.280. The number of hydrogen-bond acceptors (Lipinski definition) is 10. The van der Waals surface area contributed by atoms with E-state index in [1.54, 1.807) is 18.2 Å². The monoisotopic (exact) mass is 584 g/mol. The van der Waals surface area contributed by atoms with Crippen LogP contribution in [0.5, 0.6) is 11.5 Å². The van der Waals surface area contributed by atoms with Crippen LogP contribution >= 0.6 is 23.2 Å².